The third kappa shape index (κ3) is 3.03. The standard InChI is InChI=1S/C13H18N2O2/c16-10-13(6-2-3-7-13)15-12(17)9-11-5-1-4-8-14-11/h1,4-5,8,16H,2-3,6-7,9-10H2,(H,15,17). The number of carbonyl (C=O) groups is 1. The number of carbonyl (C=O) groups excluding carboxylic acids is 1. The third-order valence-electron chi connectivity index (χ3n) is 3.34. The Balaban J connectivity index is 1.93. The molecule has 2 rings (SSSR count). The summed E-state index contributed by atoms with van der Waals surface area (Å²) in [5.41, 5.74) is 0.377. The van der Waals surface area contributed by atoms with Crippen LogP contribution in [0.3, 0.4) is 0 Å². The van der Waals surface area contributed by atoms with Crippen molar-refractivity contribution in [3.05, 3.63) is 30.1 Å². The molecule has 0 radical (unpaired) electrons. The van der Waals surface area contributed by atoms with E-state index >= 15 is 0 Å². The van der Waals surface area contributed by atoms with Crippen molar-refractivity contribution >= 4 is 5.91 Å². The van der Waals surface area contributed by atoms with Gasteiger partial charge in [-0.3, -0.25) is 9.78 Å². The van der Waals surface area contributed by atoms with Crippen molar-refractivity contribution in [2.45, 2.75) is 37.6 Å². The zero-order valence-electron chi connectivity index (χ0n) is 9.85. The Morgan fingerprint density at radius 2 is 2.18 bits per heavy atom. The van der Waals surface area contributed by atoms with E-state index in [1.165, 1.54) is 0 Å². The molecule has 0 spiro atoms. The van der Waals surface area contributed by atoms with Crippen LogP contribution in [0.1, 0.15) is 31.4 Å². The molecule has 17 heavy (non-hydrogen) atoms. The Bertz CT molecular complexity index is 372. The second-order valence-corrected chi connectivity index (χ2v) is 4.69. The fraction of sp³-hybridized carbons (Fsp3) is 0.538. The van der Waals surface area contributed by atoms with Crippen molar-refractivity contribution in [1.29, 1.82) is 0 Å². The molecule has 0 atom stereocenters. The summed E-state index contributed by atoms with van der Waals surface area (Å²) in [6, 6.07) is 5.53. The summed E-state index contributed by atoms with van der Waals surface area (Å²) >= 11 is 0. The average molecular weight is 234 g/mol. The lowest BCUT2D eigenvalue weighted by Crippen LogP contribution is -2.49. The average Bonchev–Trinajstić information content (AvgIpc) is 2.79. The summed E-state index contributed by atoms with van der Waals surface area (Å²) in [5.74, 6) is -0.0559. The van der Waals surface area contributed by atoms with Gasteiger partial charge in [-0.2, -0.15) is 0 Å². The van der Waals surface area contributed by atoms with Crippen LogP contribution in [0.25, 0.3) is 0 Å². The Morgan fingerprint density at radius 1 is 1.41 bits per heavy atom. The Hall–Kier alpha value is -1.42. The first-order valence-corrected chi connectivity index (χ1v) is 6.06. The van der Waals surface area contributed by atoms with E-state index in [4.69, 9.17) is 0 Å². The van der Waals surface area contributed by atoms with Gasteiger partial charge in [0.15, 0.2) is 0 Å². The van der Waals surface area contributed by atoms with E-state index in [0.29, 0.717) is 0 Å². The van der Waals surface area contributed by atoms with Gasteiger partial charge in [-0.1, -0.05) is 18.9 Å². The SMILES string of the molecule is O=C(Cc1ccccn1)NC1(CO)CCCC1. The van der Waals surface area contributed by atoms with Crippen molar-refractivity contribution in [3.63, 3.8) is 0 Å². The van der Waals surface area contributed by atoms with Crippen LogP contribution in [0.5, 0.6) is 0 Å². The molecular formula is C13H18N2O2. The smallest absolute Gasteiger partial charge is 0.226 e. The second kappa shape index (κ2) is 5.27. The summed E-state index contributed by atoms with van der Waals surface area (Å²) in [7, 11) is 0. The van der Waals surface area contributed by atoms with Gasteiger partial charge in [0.25, 0.3) is 0 Å². The number of rotatable bonds is 4. The van der Waals surface area contributed by atoms with Crippen molar-refractivity contribution in [2.75, 3.05) is 6.61 Å². The number of aliphatic hydroxyl groups excluding tert-OH is 1. The molecule has 0 aromatic carbocycles. The molecule has 4 nitrogen and oxygen atoms in total. The zero-order chi connectivity index (χ0) is 12.1. The summed E-state index contributed by atoms with van der Waals surface area (Å²) in [5, 5.41) is 12.4. The molecule has 1 fully saturated rings. The largest absolute Gasteiger partial charge is 0.394 e. The fourth-order valence-corrected chi connectivity index (χ4v) is 2.38. The van der Waals surface area contributed by atoms with E-state index in [-0.39, 0.29) is 24.5 Å². The van der Waals surface area contributed by atoms with Gasteiger partial charge in [-0.05, 0) is 25.0 Å². The number of nitrogens with zero attached hydrogens (tertiary/aromatic N) is 1. The maximum atomic E-state index is 11.9. The Morgan fingerprint density at radius 3 is 2.76 bits per heavy atom. The van der Waals surface area contributed by atoms with Crippen LogP contribution in [0.2, 0.25) is 0 Å². The lowest BCUT2D eigenvalue weighted by atomic mass is 9.98. The molecular weight excluding hydrogens is 216 g/mol. The molecule has 1 heterocycles. The predicted octanol–water partition coefficient (Wildman–Crippen LogP) is 1.05. The van der Waals surface area contributed by atoms with Crippen LogP contribution in [0.4, 0.5) is 0 Å². The molecule has 1 aliphatic rings. The van der Waals surface area contributed by atoms with Crippen molar-refractivity contribution in [1.82, 2.24) is 10.3 Å². The molecule has 0 aliphatic heterocycles. The summed E-state index contributed by atoms with van der Waals surface area (Å²) in [4.78, 5) is 16.0. The maximum Gasteiger partial charge on any atom is 0.226 e. The number of amides is 1. The van der Waals surface area contributed by atoms with Gasteiger partial charge in [0, 0.05) is 11.9 Å². The van der Waals surface area contributed by atoms with Crippen LogP contribution < -0.4 is 5.32 Å². The molecule has 0 saturated heterocycles. The summed E-state index contributed by atoms with van der Waals surface area (Å²) in [6.45, 7) is 0.0287. The quantitative estimate of drug-likeness (QED) is 0.818. The molecule has 1 saturated carbocycles. The monoisotopic (exact) mass is 234 g/mol. The lowest BCUT2D eigenvalue weighted by molar-refractivity contribution is -0.123. The number of aromatic nitrogens is 1. The number of hydrogen-bond acceptors (Lipinski definition) is 3. The first-order valence-electron chi connectivity index (χ1n) is 6.06. The minimum absolute atomic E-state index is 0.0287. The van der Waals surface area contributed by atoms with Crippen molar-refractivity contribution in [2.24, 2.45) is 0 Å². The molecule has 2 N–H and O–H groups in total. The highest BCUT2D eigenvalue weighted by Crippen LogP contribution is 2.29. The van der Waals surface area contributed by atoms with Crippen LogP contribution in [0, 0.1) is 0 Å². The minimum atomic E-state index is -0.383. The normalized spacial score (nSPS) is 17.9. The van der Waals surface area contributed by atoms with Crippen molar-refractivity contribution < 1.29 is 9.90 Å². The number of pyridine rings is 1. The van der Waals surface area contributed by atoms with Gasteiger partial charge in [-0.15, -0.1) is 0 Å². The first kappa shape index (κ1) is 12.0. The number of nitrogens with one attached hydrogen (secondary N) is 1. The van der Waals surface area contributed by atoms with Gasteiger partial charge in [0.2, 0.25) is 5.91 Å². The van der Waals surface area contributed by atoms with E-state index in [0.717, 1.165) is 31.4 Å². The molecule has 1 amide bonds. The Kier molecular flexibility index (Phi) is 3.74. The zero-order valence-corrected chi connectivity index (χ0v) is 9.85. The van der Waals surface area contributed by atoms with Gasteiger partial charge >= 0.3 is 0 Å². The first-order chi connectivity index (χ1) is 8.24. The van der Waals surface area contributed by atoms with E-state index < -0.39 is 0 Å². The van der Waals surface area contributed by atoms with Gasteiger partial charge in [0.05, 0.1) is 18.6 Å². The topological polar surface area (TPSA) is 62.2 Å². The molecule has 4 heteroatoms. The summed E-state index contributed by atoms with van der Waals surface area (Å²) < 4.78 is 0. The van der Waals surface area contributed by atoms with E-state index in [1.807, 2.05) is 18.2 Å². The van der Waals surface area contributed by atoms with E-state index in [1.54, 1.807) is 6.20 Å². The highest BCUT2D eigenvalue weighted by molar-refractivity contribution is 5.79. The third-order valence-corrected chi connectivity index (χ3v) is 3.34. The highest BCUT2D eigenvalue weighted by Gasteiger charge is 2.34. The molecule has 0 unspecified atom stereocenters. The van der Waals surface area contributed by atoms with Gasteiger partial charge in [0.1, 0.15) is 0 Å². The molecule has 1 aliphatic carbocycles. The molecule has 0 bridgehead atoms. The maximum absolute atomic E-state index is 11.9. The highest BCUT2D eigenvalue weighted by atomic mass is 16.3. The van der Waals surface area contributed by atoms with E-state index in [2.05, 4.69) is 10.3 Å². The van der Waals surface area contributed by atoms with E-state index in [9.17, 15) is 9.90 Å². The second-order valence-electron chi connectivity index (χ2n) is 4.69. The van der Waals surface area contributed by atoms with Crippen LogP contribution in [-0.2, 0) is 11.2 Å². The summed E-state index contributed by atoms with van der Waals surface area (Å²) in [6.07, 6.45) is 5.85. The number of hydrogen-bond donors (Lipinski definition) is 2. The molecule has 92 valence electrons. The van der Waals surface area contributed by atoms with Crippen LogP contribution in [0.15, 0.2) is 24.4 Å². The lowest BCUT2D eigenvalue weighted by Gasteiger charge is -2.27. The van der Waals surface area contributed by atoms with Crippen LogP contribution in [-0.4, -0.2) is 28.1 Å². The van der Waals surface area contributed by atoms with Crippen molar-refractivity contribution in [3.8, 4) is 0 Å². The van der Waals surface area contributed by atoms with Gasteiger partial charge in [-0.25, -0.2) is 0 Å². The fourth-order valence-electron chi connectivity index (χ4n) is 2.38. The Labute approximate surface area is 101 Å². The molecule has 1 aromatic heterocycles. The minimum Gasteiger partial charge on any atom is -0.394 e. The predicted molar refractivity (Wildman–Crippen MR) is 64.4 cm³/mol. The number of aliphatic hydroxyl groups is 1. The van der Waals surface area contributed by atoms with Gasteiger partial charge < -0.3 is 10.4 Å². The molecule has 1 aromatic rings. The van der Waals surface area contributed by atoms with Crippen LogP contribution >= 0.6 is 0 Å².